The van der Waals surface area contributed by atoms with E-state index in [0.29, 0.717) is 0 Å². The van der Waals surface area contributed by atoms with Gasteiger partial charge in [-0.3, -0.25) is 0 Å². The minimum atomic E-state index is 0.799. The van der Waals surface area contributed by atoms with Gasteiger partial charge in [0, 0.05) is 4.70 Å². The van der Waals surface area contributed by atoms with E-state index in [4.69, 9.17) is 0 Å². The van der Waals surface area contributed by atoms with Crippen molar-refractivity contribution < 1.29 is 0 Å². The number of hydrogen-bond acceptors (Lipinski definition) is 1. The second kappa shape index (κ2) is 4.14. The molecule has 1 aromatic heterocycles. The van der Waals surface area contributed by atoms with E-state index in [0.717, 1.165) is 5.92 Å². The van der Waals surface area contributed by atoms with Crippen LogP contribution in [0.1, 0.15) is 25.8 Å². The Bertz CT molecular complexity index is 414. The van der Waals surface area contributed by atoms with E-state index in [1.54, 1.807) is 0 Å². The van der Waals surface area contributed by atoms with Gasteiger partial charge in [-0.25, -0.2) is 0 Å². The zero-order valence-corrected chi connectivity index (χ0v) is 9.60. The molecular weight excluding hydrogens is 188 g/mol. The van der Waals surface area contributed by atoms with Crippen molar-refractivity contribution >= 4 is 21.4 Å². The average molecular weight is 204 g/mol. The van der Waals surface area contributed by atoms with E-state index in [-0.39, 0.29) is 0 Å². The van der Waals surface area contributed by atoms with Crippen molar-refractivity contribution in [1.29, 1.82) is 0 Å². The molecule has 0 N–H and O–H groups in total. The minimum absolute atomic E-state index is 0.799. The number of hydrogen-bond donors (Lipinski definition) is 0. The maximum Gasteiger partial charge on any atom is 0.0345 e. The fourth-order valence-electron chi connectivity index (χ4n) is 1.67. The molecule has 0 aliphatic heterocycles. The SMILES string of the molecule is CC[C@@H](C)Cc1ccc2ccsc2c1. The first kappa shape index (κ1) is 9.72. The third-order valence-corrected chi connectivity index (χ3v) is 3.68. The molecule has 0 aliphatic carbocycles. The Balaban J connectivity index is 2.25. The van der Waals surface area contributed by atoms with Gasteiger partial charge in [0.05, 0.1) is 0 Å². The van der Waals surface area contributed by atoms with Crippen molar-refractivity contribution in [3.63, 3.8) is 0 Å². The lowest BCUT2D eigenvalue weighted by atomic mass is 9.99. The molecule has 0 spiro atoms. The Kier molecular flexibility index (Phi) is 2.87. The third-order valence-electron chi connectivity index (χ3n) is 2.80. The molecule has 2 aromatic rings. The molecule has 1 heterocycles. The summed E-state index contributed by atoms with van der Waals surface area (Å²) in [5.41, 5.74) is 1.48. The molecule has 1 atom stereocenters. The van der Waals surface area contributed by atoms with E-state index >= 15 is 0 Å². The summed E-state index contributed by atoms with van der Waals surface area (Å²) in [6, 6.07) is 9.03. The second-order valence-corrected chi connectivity index (χ2v) is 4.96. The van der Waals surface area contributed by atoms with Gasteiger partial charge < -0.3 is 0 Å². The van der Waals surface area contributed by atoms with E-state index < -0.39 is 0 Å². The van der Waals surface area contributed by atoms with Gasteiger partial charge in [0.1, 0.15) is 0 Å². The molecule has 74 valence electrons. The zero-order valence-electron chi connectivity index (χ0n) is 8.79. The van der Waals surface area contributed by atoms with Crippen LogP contribution in [0, 0.1) is 5.92 Å². The van der Waals surface area contributed by atoms with E-state index in [2.05, 4.69) is 43.5 Å². The number of rotatable bonds is 3. The van der Waals surface area contributed by atoms with Gasteiger partial charge in [-0.2, -0.15) is 0 Å². The molecule has 1 aromatic carbocycles. The van der Waals surface area contributed by atoms with E-state index in [1.165, 1.54) is 28.5 Å². The van der Waals surface area contributed by atoms with Gasteiger partial charge in [-0.15, -0.1) is 11.3 Å². The summed E-state index contributed by atoms with van der Waals surface area (Å²) in [6.07, 6.45) is 2.48. The highest BCUT2D eigenvalue weighted by Crippen LogP contribution is 2.23. The summed E-state index contributed by atoms with van der Waals surface area (Å²) >= 11 is 1.84. The smallest absolute Gasteiger partial charge is 0.0345 e. The lowest BCUT2D eigenvalue weighted by Gasteiger charge is -2.07. The summed E-state index contributed by atoms with van der Waals surface area (Å²) in [5.74, 6) is 0.799. The highest BCUT2D eigenvalue weighted by Gasteiger charge is 2.02. The first-order chi connectivity index (χ1) is 6.79. The number of benzene rings is 1. The maximum absolute atomic E-state index is 2.34. The number of thiophene rings is 1. The molecule has 0 amide bonds. The normalized spacial score (nSPS) is 13.3. The standard InChI is InChI=1S/C13H16S/c1-3-10(2)8-11-4-5-12-6-7-14-13(12)9-11/h4-7,9-10H,3,8H2,1-2H3/t10-/m1/s1. The van der Waals surface area contributed by atoms with Crippen molar-refractivity contribution in [2.24, 2.45) is 5.92 Å². The molecule has 0 unspecified atom stereocenters. The summed E-state index contributed by atoms with van der Waals surface area (Å²) in [5, 5.41) is 3.54. The van der Waals surface area contributed by atoms with Gasteiger partial charge in [-0.1, -0.05) is 32.4 Å². The molecule has 0 aliphatic rings. The monoisotopic (exact) mass is 204 g/mol. The van der Waals surface area contributed by atoms with Crippen LogP contribution in [0.5, 0.6) is 0 Å². The van der Waals surface area contributed by atoms with Crippen LogP contribution >= 0.6 is 11.3 Å². The van der Waals surface area contributed by atoms with Crippen molar-refractivity contribution in [3.8, 4) is 0 Å². The van der Waals surface area contributed by atoms with Crippen LogP contribution in [-0.2, 0) is 6.42 Å². The van der Waals surface area contributed by atoms with Crippen LogP contribution in [-0.4, -0.2) is 0 Å². The van der Waals surface area contributed by atoms with Crippen LogP contribution in [0.25, 0.3) is 10.1 Å². The maximum atomic E-state index is 2.34. The first-order valence-corrected chi connectivity index (χ1v) is 6.13. The van der Waals surface area contributed by atoms with Crippen molar-refractivity contribution in [2.45, 2.75) is 26.7 Å². The van der Waals surface area contributed by atoms with Gasteiger partial charge in [0.15, 0.2) is 0 Å². The van der Waals surface area contributed by atoms with Crippen LogP contribution in [0.3, 0.4) is 0 Å². The fourth-order valence-corrected chi connectivity index (χ4v) is 2.53. The van der Waals surface area contributed by atoms with Gasteiger partial charge in [0.25, 0.3) is 0 Å². The van der Waals surface area contributed by atoms with Crippen LogP contribution in [0.4, 0.5) is 0 Å². The predicted molar refractivity (Wildman–Crippen MR) is 65.0 cm³/mol. The second-order valence-electron chi connectivity index (χ2n) is 4.01. The van der Waals surface area contributed by atoms with Gasteiger partial charge >= 0.3 is 0 Å². The Labute approximate surface area is 89.6 Å². The average Bonchev–Trinajstić information content (AvgIpc) is 2.64. The van der Waals surface area contributed by atoms with Gasteiger partial charge in [-0.05, 0) is 40.8 Å². The molecule has 2 rings (SSSR count). The predicted octanol–water partition coefficient (Wildman–Crippen LogP) is 4.49. The quantitative estimate of drug-likeness (QED) is 0.691. The molecule has 0 fully saturated rings. The van der Waals surface area contributed by atoms with E-state index in [9.17, 15) is 0 Å². The molecule has 0 saturated heterocycles. The molecule has 14 heavy (non-hydrogen) atoms. The highest BCUT2D eigenvalue weighted by atomic mass is 32.1. The molecule has 0 bridgehead atoms. The lowest BCUT2D eigenvalue weighted by molar-refractivity contribution is 0.560. The lowest BCUT2D eigenvalue weighted by Crippen LogP contribution is -1.96. The van der Waals surface area contributed by atoms with Crippen molar-refractivity contribution in [2.75, 3.05) is 0 Å². The first-order valence-electron chi connectivity index (χ1n) is 5.25. The molecule has 0 radical (unpaired) electrons. The van der Waals surface area contributed by atoms with Crippen molar-refractivity contribution in [3.05, 3.63) is 35.2 Å². The van der Waals surface area contributed by atoms with E-state index in [1.807, 2.05) is 11.3 Å². The zero-order chi connectivity index (χ0) is 9.97. The van der Waals surface area contributed by atoms with Crippen LogP contribution in [0.15, 0.2) is 29.6 Å². The summed E-state index contributed by atoms with van der Waals surface area (Å²) in [6.45, 7) is 4.58. The van der Waals surface area contributed by atoms with Crippen LogP contribution in [0.2, 0.25) is 0 Å². The van der Waals surface area contributed by atoms with Crippen molar-refractivity contribution in [1.82, 2.24) is 0 Å². The number of fused-ring (bicyclic) bond motifs is 1. The Morgan fingerprint density at radius 1 is 1.29 bits per heavy atom. The molecular formula is C13H16S. The Hall–Kier alpha value is -0.820. The van der Waals surface area contributed by atoms with Gasteiger partial charge in [0.2, 0.25) is 0 Å². The topological polar surface area (TPSA) is 0 Å². The Morgan fingerprint density at radius 3 is 2.93 bits per heavy atom. The molecule has 0 saturated carbocycles. The Morgan fingerprint density at radius 2 is 2.14 bits per heavy atom. The largest absolute Gasteiger partial charge is 0.144 e. The summed E-state index contributed by atoms with van der Waals surface area (Å²) < 4.78 is 1.42. The molecule has 1 heteroatoms. The summed E-state index contributed by atoms with van der Waals surface area (Å²) in [4.78, 5) is 0. The highest BCUT2D eigenvalue weighted by molar-refractivity contribution is 7.17. The van der Waals surface area contributed by atoms with Crippen LogP contribution < -0.4 is 0 Å². The third kappa shape index (κ3) is 1.98. The molecule has 0 nitrogen and oxygen atoms in total. The fraction of sp³-hybridized carbons (Fsp3) is 0.385. The minimum Gasteiger partial charge on any atom is -0.144 e. The summed E-state index contributed by atoms with van der Waals surface area (Å²) in [7, 11) is 0.